The van der Waals surface area contributed by atoms with Gasteiger partial charge in [-0.2, -0.15) is 5.26 Å². The molecule has 0 atom stereocenters. The van der Waals surface area contributed by atoms with E-state index in [4.69, 9.17) is 5.26 Å². The summed E-state index contributed by atoms with van der Waals surface area (Å²) in [5.74, 6) is 1.42. The fraction of sp³-hybridized carbons (Fsp3) is 0.357. The van der Waals surface area contributed by atoms with Crippen molar-refractivity contribution in [3.05, 3.63) is 30.1 Å². The van der Waals surface area contributed by atoms with Crippen LogP contribution in [0.3, 0.4) is 0 Å². The highest BCUT2D eigenvalue weighted by Gasteiger charge is 2.01. The van der Waals surface area contributed by atoms with Gasteiger partial charge in [0.15, 0.2) is 0 Å². The van der Waals surface area contributed by atoms with E-state index in [1.54, 1.807) is 6.19 Å². The van der Waals surface area contributed by atoms with Gasteiger partial charge in [-0.05, 0) is 19.1 Å². The number of para-hydroxylation sites is 2. The van der Waals surface area contributed by atoms with Crippen molar-refractivity contribution < 1.29 is 0 Å². The zero-order valence-electron chi connectivity index (χ0n) is 12.0. The van der Waals surface area contributed by atoms with Crippen molar-refractivity contribution in [2.24, 2.45) is 4.99 Å². The Bertz CT molecular complexity index is 605. The molecule has 0 fully saturated rings. The average Bonchev–Trinajstić information content (AvgIpc) is 2.90. The summed E-state index contributed by atoms with van der Waals surface area (Å²) in [4.78, 5) is 11.4. The molecule has 110 valence electrons. The van der Waals surface area contributed by atoms with Gasteiger partial charge in [0.2, 0.25) is 12.2 Å². The van der Waals surface area contributed by atoms with Gasteiger partial charge >= 0.3 is 0 Å². The summed E-state index contributed by atoms with van der Waals surface area (Å²) in [6.07, 6.45) is 1.76. The molecule has 4 N–H and O–H groups in total. The molecular formula is C14H19N7. The molecule has 0 aliphatic carbocycles. The third-order valence-corrected chi connectivity index (χ3v) is 2.83. The first kappa shape index (κ1) is 14.8. The number of nitrogens with one attached hydrogen (secondary N) is 4. The van der Waals surface area contributed by atoms with Crippen LogP contribution in [0.5, 0.6) is 0 Å². The van der Waals surface area contributed by atoms with Crippen LogP contribution >= 0.6 is 0 Å². The second-order valence-electron chi connectivity index (χ2n) is 4.39. The highest BCUT2D eigenvalue weighted by Crippen LogP contribution is 2.09. The van der Waals surface area contributed by atoms with Gasteiger partial charge in [-0.3, -0.25) is 0 Å². The van der Waals surface area contributed by atoms with E-state index in [0.29, 0.717) is 19.0 Å². The second-order valence-corrected chi connectivity index (χ2v) is 4.39. The Morgan fingerprint density at radius 2 is 2.19 bits per heavy atom. The van der Waals surface area contributed by atoms with Crippen LogP contribution in [0.1, 0.15) is 12.7 Å². The predicted octanol–water partition coefficient (Wildman–Crippen LogP) is 0.689. The van der Waals surface area contributed by atoms with Gasteiger partial charge in [0.05, 0.1) is 17.6 Å². The molecule has 2 rings (SSSR count). The number of nitriles is 1. The summed E-state index contributed by atoms with van der Waals surface area (Å²) in [5.41, 5.74) is 2.02. The molecule has 1 aromatic carbocycles. The Labute approximate surface area is 123 Å². The molecule has 0 unspecified atom stereocenters. The summed E-state index contributed by atoms with van der Waals surface area (Å²) < 4.78 is 0. The fourth-order valence-corrected chi connectivity index (χ4v) is 1.92. The van der Waals surface area contributed by atoms with E-state index in [1.807, 2.05) is 31.2 Å². The molecular weight excluding hydrogens is 266 g/mol. The van der Waals surface area contributed by atoms with Gasteiger partial charge in [0.1, 0.15) is 5.82 Å². The van der Waals surface area contributed by atoms with E-state index in [9.17, 15) is 0 Å². The lowest BCUT2D eigenvalue weighted by atomic mass is 10.3. The number of hydrogen-bond donors (Lipinski definition) is 4. The third kappa shape index (κ3) is 4.47. The van der Waals surface area contributed by atoms with E-state index < -0.39 is 0 Å². The van der Waals surface area contributed by atoms with Crippen LogP contribution in [0.2, 0.25) is 0 Å². The molecule has 0 saturated heterocycles. The van der Waals surface area contributed by atoms with Crippen LogP contribution < -0.4 is 16.0 Å². The zero-order chi connectivity index (χ0) is 14.9. The molecule has 0 bridgehead atoms. The normalized spacial score (nSPS) is 11.3. The maximum Gasteiger partial charge on any atom is 0.209 e. The zero-order valence-corrected chi connectivity index (χ0v) is 12.0. The quantitative estimate of drug-likeness (QED) is 0.271. The van der Waals surface area contributed by atoms with Crippen molar-refractivity contribution in [1.29, 1.82) is 5.26 Å². The number of aliphatic imine (C=N–C) groups is 1. The Morgan fingerprint density at radius 1 is 1.33 bits per heavy atom. The molecule has 0 amide bonds. The average molecular weight is 285 g/mol. The Kier molecular flexibility index (Phi) is 5.55. The fourth-order valence-electron chi connectivity index (χ4n) is 1.92. The van der Waals surface area contributed by atoms with Crippen molar-refractivity contribution in [3.63, 3.8) is 0 Å². The van der Waals surface area contributed by atoms with Crippen molar-refractivity contribution in [1.82, 2.24) is 25.9 Å². The number of benzene rings is 1. The van der Waals surface area contributed by atoms with E-state index in [1.165, 1.54) is 0 Å². The minimum atomic E-state index is 0.505. The van der Waals surface area contributed by atoms with Gasteiger partial charge in [0, 0.05) is 19.6 Å². The molecule has 0 saturated carbocycles. The lowest BCUT2D eigenvalue weighted by Crippen LogP contribution is -2.40. The second kappa shape index (κ2) is 7.87. The molecule has 0 aliphatic heterocycles. The maximum atomic E-state index is 8.54. The van der Waals surface area contributed by atoms with Crippen molar-refractivity contribution >= 4 is 17.0 Å². The topological polar surface area (TPSA) is 101 Å². The van der Waals surface area contributed by atoms with E-state index in [2.05, 4.69) is 30.9 Å². The number of aromatic amines is 1. The Balaban J connectivity index is 1.72. The highest BCUT2D eigenvalue weighted by molar-refractivity contribution is 5.80. The van der Waals surface area contributed by atoms with E-state index in [0.717, 1.165) is 29.9 Å². The summed E-state index contributed by atoms with van der Waals surface area (Å²) in [5, 5.41) is 17.9. The minimum absolute atomic E-state index is 0.505. The summed E-state index contributed by atoms with van der Waals surface area (Å²) in [6.45, 7) is 4.76. The molecule has 0 radical (unpaired) electrons. The van der Waals surface area contributed by atoms with Crippen LogP contribution in [-0.2, 0) is 6.54 Å². The smallest absolute Gasteiger partial charge is 0.209 e. The minimum Gasteiger partial charge on any atom is -0.356 e. The van der Waals surface area contributed by atoms with E-state index in [-0.39, 0.29) is 0 Å². The van der Waals surface area contributed by atoms with E-state index >= 15 is 0 Å². The lowest BCUT2D eigenvalue weighted by molar-refractivity contribution is 0.649. The first-order valence-electron chi connectivity index (χ1n) is 6.92. The first-order chi connectivity index (χ1) is 10.3. The van der Waals surface area contributed by atoms with Gasteiger partial charge in [-0.15, -0.1) is 4.99 Å². The number of H-pyrrole nitrogens is 1. The van der Waals surface area contributed by atoms with Crippen molar-refractivity contribution in [2.75, 3.05) is 19.6 Å². The number of rotatable bonds is 6. The SMILES string of the molecule is CCNC(=NC#N)NCCNCc1nc2ccccc2[nH]1. The molecule has 7 nitrogen and oxygen atoms in total. The monoisotopic (exact) mass is 285 g/mol. The van der Waals surface area contributed by atoms with Gasteiger partial charge in [-0.1, -0.05) is 12.1 Å². The van der Waals surface area contributed by atoms with Crippen LogP contribution in [0.4, 0.5) is 0 Å². The Hall–Kier alpha value is -2.59. The number of fused-ring (bicyclic) bond motifs is 1. The molecule has 7 heteroatoms. The van der Waals surface area contributed by atoms with Crippen LogP contribution in [0.25, 0.3) is 11.0 Å². The molecule has 0 spiro atoms. The number of aromatic nitrogens is 2. The summed E-state index contributed by atoms with van der Waals surface area (Å²) in [6, 6.07) is 7.95. The van der Waals surface area contributed by atoms with Crippen LogP contribution in [0, 0.1) is 11.5 Å². The molecule has 0 aliphatic rings. The summed E-state index contributed by atoms with van der Waals surface area (Å²) in [7, 11) is 0. The summed E-state index contributed by atoms with van der Waals surface area (Å²) >= 11 is 0. The number of imidazole rings is 1. The highest BCUT2D eigenvalue weighted by atomic mass is 15.2. The molecule has 1 heterocycles. The number of nitrogens with zero attached hydrogens (tertiary/aromatic N) is 3. The van der Waals surface area contributed by atoms with Crippen molar-refractivity contribution in [2.45, 2.75) is 13.5 Å². The van der Waals surface area contributed by atoms with Gasteiger partial charge in [-0.25, -0.2) is 4.98 Å². The number of guanidine groups is 1. The van der Waals surface area contributed by atoms with Crippen LogP contribution in [0.15, 0.2) is 29.3 Å². The van der Waals surface area contributed by atoms with Gasteiger partial charge < -0.3 is 20.9 Å². The number of hydrogen-bond acceptors (Lipinski definition) is 4. The third-order valence-electron chi connectivity index (χ3n) is 2.83. The van der Waals surface area contributed by atoms with Crippen LogP contribution in [-0.4, -0.2) is 35.6 Å². The maximum absolute atomic E-state index is 8.54. The molecule has 21 heavy (non-hydrogen) atoms. The molecule has 2 aromatic rings. The Morgan fingerprint density at radius 3 is 2.95 bits per heavy atom. The predicted molar refractivity (Wildman–Crippen MR) is 82.5 cm³/mol. The molecule has 1 aromatic heterocycles. The first-order valence-corrected chi connectivity index (χ1v) is 6.92. The van der Waals surface area contributed by atoms with Crippen molar-refractivity contribution in [3.8, 4) is 6.19 Å². The lowest BCUT2D eigenvalue weighted by Gasteiger charge is -2.09. The standard InChI is InChI=1S/C14H19N7/c1-2-17-14(19-10-15)18-8-7-16-9-13-20-11-5-3-4-6-12(11)21-13/h3-6,16H,2,7-9H2,1H3,(H,20,21)(H2,17,18,19). The van der Waals surface area contributed by atoms with Gasteiger partial charge in [0.25, 0.3) is 0 Å². The largest absolute Gasteiger partial charge is 0.356 e.